The van der Waals surface area contributed by atoms with Crippen molar-refractivity contribution >= 4 is 16.6 Å². The van der Waals surface area contributed by atoms with Crippen molar-refractivity contribution in [3.05, 3.63) is 40.3 Å². The van der Waals surface area contributed by atoms with Gasteiger partial charge < -0.3 is 0 Å². The number of Topliss-reactive ketones (excluding diaryl/α,β-unsaturated/α-hetero) is 1. The molecule has 2 bridgehead atoms. The van der Waals surface area contributed by atoms with Gasteiger partial charge in [0.05, 0.1) is 10.8 Å². The Morgan fingerprint density at radius 2 is 1.75 bits per heavy atom. The average molecular weight is 343 g/mol. The number of hydrogen-bond donors (Lipinski definition) is 0. The maximum Gasteiger partial charge on any atom is 0.163 e. The predicted octanol–water partition coefficient (Wildman–Crippen LogP) is 4.79. The minimum absolute atomic E-state index is 0.153. The van der Waals surface area contributed by atoms with E-state index in [2.05, 4.69) is 6.92 Å². The van der Waals surface area contributed by atoms with Crippen molar-refractivity contribution in [1.29, 1.82) is 0 Å². The van der Waals surface area contributed by atoms with Crippen molar-refractivity contribution < 1.29 is 9.00 Å². The van der Waals surface area contributed by atoms with Crippen LogP contribution in [-0.4, -0.2) is 9.99 Å². The fourth-order valence-corrected chi connectivity index (χ4v) is 6.84. The van der Waals surface area contributed by atoms with Crippen molar-refractivity contribution in [3.8, 4) is 0 Å². The molecule has 3 aliphatic carbocycles. The normalized spacial score (nSPS) is 32.5. The molecule has 5 atom stereocenters. The molecule has 0 heterocycles. The van der Waals surface area contributed by atoms with Gasteiger partial charge in [-0.25, -0.2) is 4.21 Å². The summed E-state index contributed by atoms with van der Waals surface area (Å²) in [6.45, 7) is 4.20. The molecule has 2 nitrogen and oxygen atoms in total. The third-order valence-corrected chi connectivity index (χ3v) is 7.95. The Hall–Kier alpha value is -1.22. The molecule has 3 aliphatic rings. The Bertz CT molecular complexity index is 716. The summed E-state index contributed by atoms with van der Waals surface area (Å²) in [4.78, 5) is 15.0. The van der Waals surface area contributed by atoms with Crippen LogP contribution in [-0.2, 0) is 15.6 Å². The molecule has 0 N–H and O–H groups in total. The van der Waals surface area contributed by atoms with E-state index in [4.69, 9.17) is 0 Å². The first kappa shape index (κ1) is 16.3. The van der Waals surface area contributed by atoms with E-state index in [1.165, 1.54) is 24.8 Å². The summed E-state index contributed by atoms with van der Waals surface area (Å²) in [5, 5.41) is 0. The SMILES string of the molecule is CCCCC1=C(S(=O)c2ccc(C)cc2)[C@@H]2[C@H]3CC[C@H](C3)[C@@H]2C1=O. The zero-order valence-corrected chi connectivity index (χ0v) is 15.4. The summed E-state index contributed by atoms with van der Waals surface area (Å²) in [6.07, 6.45) is 6.50. The van der Waals surface area contributed by atoms with Gasteiger partial charge in [-0.2, -0.15) is 0 Å². The molecular formula is C21H26O2S. The molecule has 1 aromatic rings. The monoisotopic (exact) mass is 342 g/mol. The number of hydrogen-bond acceptors (Lipinski definition) is 2. The van der Waals surface area contributed by atoms with E-state index in [0.717, 1.165) is 34.6 Å². The summed E-state index contributed by atoms with van der Waals surface area (Å²) in [6, 6.07) is 7.99. The molecule has 0 saturated heterocycles. The molecule has 2 fully saturated rings. The number of fused-ring (bicyclic) bond motifs is 5. The zero-order valence-electron chi connectivity index (χ0n) is 14.6. The maximum absolute atomic E-state index is 13.4. The molecular weight excluding hydrogens is 316 g/mol. The van der Waals surface area contributed by atoms with Crippen LogP contribution < -0.4 is 0 Å². The number of allylic oxidation sites excluding steroid dienone is 2. The quantitative estimate of drug-likeness (QED) is 0.771. The molecule has 0 aromatic heterocycles. The van der Waals surface area contributed by atoms with Gasteiger partial charge in [-0.15, -0.1) is 0 Å². The highest BCUT2D eigenvalue weighted by Crippen LogP contribution is 2.60. The molecule has 4 rings (SSSR count). The highest BCUT2D eigenvalue weighted by Gasteiger charge is 2.57. The second-order valence-electron chi connectivity index (χ2n) is 7.78. The van der Waals surface area contributed by atoms with E-state index >= 15 is 0 Å². The molecule has 1 aromatic carbocycles. The zero-order chi connectivity index (χ0) is 16.8. The number of ketones is 1. The minimum atomic E-state index is -1.17. The first-order chi connectivity index (χ1) is 11.6. The van der Waals surface area contributed by atoms with Crippen molar-refractivity contribution in [2.45, 2.75) is 57.3 Å². The summed E-state index contributed by atoms with van der Waals surface area (Å²) >= 11 is 0. The summed E-state index contributed by atoms with van der Waals surface area (Å²) in [7, 11) is -1.17. The second-order valence-corrected chi connectivity index (χ2v) is 9.23. The van der Waals surface area contributed by atoms with Gasteiger partial charge in [-0.3, -0.25) is 4.79 Å². The van der Waals surface area contributed by atoms with E-state index < -0.39 is 10.8 Å². The van der Waals surface area contributed by atoms with Gasteiger partial charge >= 0.3 is 0 Å². The van der Waals surface area contributed by atoms with Gasteiger partial charge in [0.2, 0.25) is 0 Å². The van der Waals surface area contributed by atoms with E-state index in [0.29, 0.717) is 17.6 Å². The van der Waals surface area contributed by atoms with Crippen LogP contribution in [0.25, 0.3) is 0 Å². The van der Waals surface area contributed by atoms with Crippen molar-refractivity contribution in [3.63, 3.8) is 0 Å². The second kappa shape index (κ2) is 6.25. The van der Waals surface area contributed by atoms with Crippen molar-refractivity contribution in [1.82, 2.24) is 0 Å². The molecule has 0 aliphatic heterocycles. The van der Waals surface area contributed by atoms with Gasteiger partial charge in [0.25, 0.3) is 0 Å². The van der Waals surface area contributed by atoms with Crippen LogP contribution in [0.1, 0.15) is 51.0 Å². The number of aryl methyl sites for hydroxylation is 1. The maximum atomic E-state index is 13.4. The lowest BCUT2D eigenvalue weighted by Gasteiger charge is -2.25. The molecule has 0 spiro atoms. The van der Waals surface area contributed by atoms with E-state index in [1.807, 2.05) is 31.2 Å². The van der Waals surface area contributed by atoms with Crippen LogP contribution in [0.2, 0.25) is 0 Å². The van der Waals surface area contributed by atoms with E-state index in [9.17, 15) is 9.00 Å². The molecule has 1 unspecified atom stereocenters. The number of rotatable bonds is 5. The Labute approximate surface area is 147 Å². The Kier molecular flexibility index (Phi) is 4.24. The Morgan fingerprint density at radius 1 is 1.08 bits per heavy atom. The lowest BCUT2D eigenvalue weighted by Crippen LogP contribution is -2.25. The fourth-order valence-electron chi connectivity index (χ4n) is 5.19. The van der Waals surface area contributed by atoms with Gasteiger partial charge in [0, 0.05) is 27.2 Å². The molecule has 0 amide bonds. The third kappa shape index (κ3) is 2.44. The number of carbonyl (C=O) groups is 1. The number of benzene rings is 1. The molecule has 24 heavy (non-hydrogen) atoms. The average Bonchev–Trinajstić information content (AvgIpc) is 3.26. The first-order valence-corrected chi connectivity index (χ1v) is 10.5. The third-order valence-electron chi connectivity index (χ3n) is 6.33. The van der Waals surface area contributed by atoms with Crippen LogP contribution >= 0.6 is 0 Å². The Morgan fingerprint density at radius 3 is 2.42 bits per heavy atom. The van der Waals surface area contributed by atoms with Crippen LogP contribution in [0, 0.1) is 30.6 Å². The smallest absolute Gasteiger partial charge is 0.163 e. The first-order valence-electron chi connectivity index (χ1n) is 9.37. The number of unbranched alkanes of at least 4 members (excludes halogenated alkanes) is 1. The lowest BCUT2D eigenvalue weighted by atomic mass is 9.81. The summed E-state index contributed by atoms with van der Waals surface area (Å²) < 4.78 is 13.4. The highest BCUT2D eigenvalue weighted by molar-refractivity contribution is 7.89. The van der Waals surface area contributed by atoms with Crippen LogP contribution in [0.3, 0.4) is 0 Å². The van der Waals surface area contributed by atoms with Gasteiger partial charge in [0.15, 0.2) is 5.78 Å². The van der Waals surface area contributed by atoms with E-state index in [1.54, 1.807) is 0 Å². The fraction of sp³-hybridized carbons (Fsp3) is 0.571. The van der Waals surface area contributed by atoms with Gasteiger partial charge in [-0.1, -0.05) is 31.0 Å². The molecule has 2 saturated carbocycles. The predicted molar refractivity (Wildman–Crippen MR) is 97.0 cm³/mol. The molecule has 0 radical (unpaired) electrons. The van der Waals surface area contributed by atoms with E-state index in [-0.39, 0.29) is 11.8 Å². The minimum Gasteiger partial charge on any atom is -0.294 e. The molecule has 128 valence electrons. The van der Waals surface area contributed by atoms with Crippen LogP contribution in [0.4, 0.5) is 0 Å². The van der Waals surface area contributed by atoms with Crippen LogP contribution in [0.15, 0.2) is 39.6 Å². The largest absolute Gasteiger partial charge is 0.294 e. The standard InChI is InChI=1S/C21H26O2S/c1-3-4-5-17-20(22)18-14-8-9-15(12-14)19(18)21(17)24(23)16-10-6-13(2)7-11-16/h6-7,10-11,14-15,18-19H,3-5,8-9,12H2,1-2H3/t14-,15+,18+,19-,24?/m1/s1. The summed E-state index contributed by atoms with van der Waals surface area (Å²) in [5.41, 5.74) is 2.11. The Balaban J connectivity index is 1.75. The van der Waals surface area contributed by atoms with Gasteiger partial charge in [-0.05, 0) is 63.0 Å². The molecule has 3 heteroatoms. The highest BCUT2D eigenvalue weighted by atomic mass is 32.2. The van der Waals surface area contributed by atoms with Gasteiger partial charge in [0.1, 0.15) is 0 Å². The van der Waals surface area contributed by atoms with Crippen molar-refractivity contribution in [2.75, 3.05) is 0 Å². The van der Waals surface area contributed by atoms with Crippen LogP contribution in [0.5, 0.6) is 0 Å². The summed E-state index contributed by atoms with van der Waals surface area (Å²) in [5.74, 6) is 1.91. The lowest BCUT2D eigenvalue weighted by molar-refractivity contribution is -0.120. The number of carbonyl (C=O) groups excluding carboxylic acids is 1. The topological polar surface area (TPSA) is 34.1 Å². The van der Waals surface area contributed by atoms with Crippen molar-refractivity contribution in [2.24, 2.45) is 23.7 Å².